The summed E-state index contributed by atoms with van der Waals surface area (Å²) in [7, 11) is 0. The summed E-state index contributed by atoms with van der Waals surface area (Å²) in [5, 5.41) is 2.62. The fourth-order valence-electron chi connectivity index (χ4n) is 0.947. The Balaban J connectivity index is 1.99. The molecule has 0 aromatic carbocycles. The second-order valence-electron chi connectivity index (χ2n) is 3.43. The molecule has 14 heavy (non-hydrogen) atoms. The SMILES string of the molecule is NC(=O)COCCNC(=O)C1(N)CC1. The molecule has 5 N–H and O–H groups in total. The minimum atomic E-state index is -0.649. The highest BCUT2D eigenvalue weighted by Gasteiger charge is 2.45. The van der Waals surface area contributed by atoms with Gasteiger partial charge in [-0.1, -0.05) is 0 Å². The van der Waals surface area contributed by atoms with Crippen LogP contribution in [-0.4, -0.2) is 37.1 Å². The highest BCUT2D eigenvalue weighted by atomic mass is 16.5. The van der Waals surface area contributed by atoms with E-state index in [1.54, 1.807) is 0 Å². The molecular formula is C8H15N3O3. The molecule has 1 saturated carbocycles. The van der Waals surface area contributed by atoms with Crippen molar-refractivity contribution in [2.45, 2.75) is 18.4 Å². The maximum absolute atomic E-state index is 11.2. The van der Waals surface area contributed by atoms with Gasteiger partial charge in [0.05, 0.1) is 12.1 Å². The van der Waals surface area contributed by atoms with E-state index < -0.39 is 11.4 Å². The Labute approximate surface area is 82.0 Å². The average molecular weight is 201 g/mol. The van der Waals surface area contributed by atoms with Gasteiger partial charge in [0.15, 0.2) is 0 Å². The maximum Gasteiger partial charge on any atom is 0.243 e. The summed E-state index contributed by atoms with van der Waals surface area (Å²) in [6.45, 7) is 0.499. The first kappa shape index (κ1) is 10.9. The van der Waals surface area contributed by atoms with E-state index in [0.29, 0.717) is 6.54 Å². The standard InChI is InChI=1S/C8H15N3O3/c9-6(12)5-14-4-3-11-7(13)8(10)1-2-8/h1-5,10H2,(H2,9,12)(H,11,13). The van der Waals surface area contributed by atoms with E-state index in [1.165, 1.54) is 0 Å². The molecule has 1 aliphatic rings. The number of nitrogens with one attached hydrogen (secondary N) is 1. The van der Waals surface area contributed by atoms with E-state index in [9.17, 15) is 9.59 Å². The van der Waals surface area contributed by atoms with Gasteiger partial charge in [0.1, 0.15) is 6.61 Å². The summed E-state index contributed by atoms with van der Waals surface area (Å²) in [6, 6.07) is 0. The minimum Gasteiger partial charge on any atom is -0.370 e. The number of hydrogen-bond donors (Lipinski definition) is 3. The van der Waals surface area contributed by atoms with E-state index in [0.717, 1.165) is 12.8 Å². The molecule has 80 valence electrons. The number of ether oxygens (including phenoxy) is 1. The number of nitrogens with two attached hydrogens (primary N) is 2. The zero-order valence-corrected chi connectivity index (χ0v) is 7.91. The second kappa shape index (κ2) is 4.39. The third kappa shape index (κ3) is 3.31. The lowest BCUT2D eigenvalue weighted by molar-refractivity contribution is -0.123. The molecule has 6 heteroatoms. The number of amides is 2. The molecule has 0 spiro atoms. The molecule has 1 rings (SSSR count). The van der Waals surface area contributed by atoms with Gasteiger partial charge in [0, 0.05) is 6.54 Å². The number of hydrogen-bond acceptors (Lipinski definition) is 4. The van der Waals surface area contributed by atoms with Gasteiger partial charge >= 0.3 is 0 Å². The molecule has 0 aliphatic heterocycles. The Morgan fingerprint density at radius 1 is 1.43 bits per heavy atom. The van der Waals surface area contributed by atoms with E-state index in [1.807, 2.05) is 0 Å². The quantitative estimate of drug-likeness (QED) is 0.436. The summed E-state index contributed by atoms with van der Waals surface area (Å²) in [5.41, 5.74) is 9.82. The van der Waals surface area contributed by atoms with Gasteiger partial charge in [-0.15, -0.1) is 0 Å². The van der Waals surface area contributed by atoms with Crippen molar-refractivity contribution in [2.24, 2.45) is 11.5 Å². The third-order valence-corrected chi connectivity index (χ3v) is 2.02. The smallest absolute Gasteiger partial charge is 0.243 e. The first-order chi connectivity index (χ1) is 6.54. The van der Waals surface area contributed by atoms with Gasteiger partial charge in [-0.2, -0.15) is 0 Å². The first-order valence-corrected chi connectivity index (χ1v) is 4.48. The van der Waals surface area contributed by atoms with Crippen LogP contribution in [0, 0.1) is 0 Å². The lowest BCUT2D eigenvalue weighted by Gasteiger charge is -2.09. The first-order valence-electron chi connectivity index (χ1n) is 4.48. The molecule has 0 aromatic heterocycles. The van der Waals surface area contributed by atoms with Crippen molar-refractivity contribution in [2.75, 3.05) is 19.8 Å². The Morgan fingerprint density at radius 2 is 2.07 bits per heavy atom. The van der Waals surface area contributed by atoms with E-state index in [2.05, 4.69) is 5.32 Å². The zero-order chi connectivity index (χ0) is 10.6. The normalized spacial score (nSPS) is 17.5. The molecule has 2 amide bonds. The Kier molecular flexibility index (Phi) is 3.43. The monoisotopic (exact) mass is 201 g/mol. The van der Waals surface area contributed by atoms with Crippen molar-refractivity contribution < 1.29 is 14.3 Å². The molecule has 0 unspecified atom stereocenters. The minimum absolute atomic E-state index is 0.121. The van der Waals surface area contributed by atoms with Gasteiger partial charge in [-0.25, -0.2) is 0 Å². The number of carbonyl (C=O) groups is 2. The van der Waals surface area contributed by atoms with Gasteiger partial charge in [-0.05, 0) is 12.8 Å². The van der Waals surface area contributed by atoms with Crippen LogP contribution < -0.4 is 16.8 Å². The Hall–Kier alpha value is -1.14. The summed E-state index contributed by atoms with van der Waals surface area (Å²) < 4.78 is 4.85. The van der Waals surface area contributed by atoms with Crippen LogP contribution in [0.1, 0.15) is 12.8 Å². The average Bonchev–Trinajstić information content (AvgIpc) is 2.83. The molecule has 1 fully saturated rings. The lowest BCUT2D eigenvalue weighted by atomic mass is 10.3. The van der Waals surface area contributed by atoms with Crippen molar-refractivity contribution in [3.63, 3.8) is 0 Å². The third-order valence-electron chi connectivity index (χ3n) is 2.02. The molecular weight excluding hydrogens is 186 g/mol. The van der Waals surface area contributed by atoms with Crippen molar-refractivity contribution in [1.29, 1.82) is 0 Å². The van der Waals surface area contributed by atoms with Gasteiger partial charge in [-0.3, -0.25) is 9.59 Å². The molecule has 0 atom stereocenters. The van der Waals surface area contributed by atoms with Crippen LogP contribution in [0.2, 0.25) is 0 Å². The number of carbonyl (C=O) groups excluding carboxylic acids is 2. The summed E-state index contributed by atoms with van der Waals surface area (Å²) in [4.78, 5) is 21.5. The van der Waals surface area contributed by atoms with Crippen LogP contribution in [0.5, 0.6) is 0 Å². The predicted octanol–water partition coefficient (Wildman–Crippen LogP) is -1.90. The van der Waals surface area contributed by atoms with Crippen LogP contribution in [-0.2, 0) is 14.3 Å². The molecule has 0 heterocycles. The van der Waals surface area contributed by atoms with Crippen LogP contribution >= 0.6 is 0 Å². The fraction of sp³-hybridized carbons (Fsp3) is 0.750. The van der Waals surface area contributed by atoms with Crippen LogP contribution in [0.4, 0.5) is 0 Å². The lowest BCUT2D eigenvalue weighted by Crippen LogP contribution is -2.43. The van der Waals surface area contributed by atoms with Crippen molar-refractivity contribution in [1.82, 2.24) is 5.32 Å². The van der Waals surface area contributed by atoms with Crippen molar-refractivity contribution >= 4 is 11.8 Å². The van der Waals surface area contributed by atoms with Gasteiger partial charge in [0.2, 0.25) is 11.8 Å². The topological polar surface area (TPSA) is 107 Å². The van der Waals surface area contributed by atoms with E-state index >= 15 is 0 Å². The predicted molar refractivity (Wildman–Crippen MR) is 49.2 cm³/mol. The highest BCUT2D eigenvalue weighted by Crippen LogP contribution is 2.31. The van der Waals surface area contributed by atoms with Crippen molar-refractivity contribution in [3.05, 3.63) is 0 Å². The van der Waals surface area contributed by atoms with E-state index in [4.69, 9.17) is 16.2 Å². The second-order valence-corrected chi connectivity index (χ2v) is 3.43. The van der Waals surface area contributed by atoms with Crippen LogP contribution in [0.25, 0.3) is 0 Å². The van der Waals surface area contributed by atoms with Gasteiger partial charge < -0.3 is 21.5 Å². The molecule has 0 aromatic rings. The van der Waals surface area contributed by atoms with E-state index in [-0.39, 0.29) is 19.1 Å². The summed E-state index contributed by atoms with van der Waals surface area (Å²) >= 11 is 0. The zero-order valence-electron chi connectivity index (χ0n) is 7.91. The largest absolute Gasteiger partial charge is 0.370 e. The Bertz CT molecular complexity index is 238. The summed E-state index contributed by atoms with van der Waals surface area (Å²) in [6.07, 6.45) is 1.47. The van der Waals surface area contributed by atoms with Crippen molar-refractivity contribution in [3.8, 4) is 0 Å². The molecule has 0 bridgehead atoms. The fourth-order valence-corrected chi connectivity index (χ4v) is 0.947. The number of primary amides is 1. The van der Waals surface area contributed by atoms with Crippen LogP contribution in [0.15, 0.2) is 0 Å². The van der Waals surface area contributed by atoms with Gasteiger partial charge in [0.25, 0.3) is 0 Å². The Morgan fingerprint density at radius 3 is 2.57 bits per heavy atom. The maximum atomic E-state index is 11.2. The molecule has 6 nitrogen and oxygen atoms in total. The van der Waals surface area contributed by atoms with Crippen LogP contribution in [0.3, 0.4) is 0 Å². The number of rotatable bonds is 6. The molecule has 0 saturated heterocycles. The highest BCUT2D eigenvalue weighted by molar-refractivity contribution is 5.88. The summed E-state index contributed by atoms with van der Waals surface area (Å²) in [5.74, 6) is -0.672. The molecule has 1 aliphatic carbocycles. The molecule has 0 radical (unpaired) electrons.